The summed E-state index contributed by atoms with van der Waals surface area (Å²) < 4.78 is 0. The van der Waals surface area contributed by atoms with Gasteiger partial charge in [0, 0.05) is 18.5 Å². The highest BCUT2D eigenvalue weighted by molar-refractivity contribution is 5.88. The van der Waals surface area contributed by atoms with Gasteiger partial charge in [0.15, 0.2) is 0 Å². The fourth-order valence-electron chi connectivity index (χ4n) is 6.36. The molecular weight excluding hydrogens is 324 g/mol. The Hall–Kier alpha value is -1.68. The van der Waals surface area contributed by atoms with Gasteiger partial charge in [0.05, 0.1) is 5.41 Å². The molecule has 0 aromatic heterocycles. The monoisotopic (exact) mass is 354 g/mol. The average molecular weight is 354 g/mol. The van der Waals surface area contributed by atoms with E-state index < -0.39 is 0 Å². The molecule has 1 aromatic rings. The molecule has 0 heterocycles. The molecule has 5 rings (SSSR count). The van der Waals surface area contributed by atoms with Crippen LogP contribution in [-0.2, 0) is 22.7 Å². The van der Waals surface area contributed by atoms with Crippen molar-refractivity contribution in [3.05, 3.63) is 35.4 Å². The standard InChI is InChI=1S/C22H30N2O2/c1-15(25)21-8-18-7-19(9-21)11-22(10-18,14-21)20(26)24-13-17-5-3-4-16(6-17)12-23-2/h3-6,18-19,23H,7-14H2,1-2H3,(H,24,26). The third-order valence-electron chi connectivity index (χ3n) is 7.11. The van der Waals surface area contributed by atoms with Gasteiger partial charge in [-0.2, -0.15) is 0 Å². The van der Waals surface area contributed by atoms with Crippen LogP contribution >= 0.6 is 0 Å². The zero-order valence-electron chi connectivity index (χ0n) is 15.9. The van der Waals surface area contributed by atoms with Crippen LogP contribution in [0.5, 0.6) is 0 Å². The Morgan fingerprint density at radius 1 is 1.04 bits per heavy atom. The maximum Gasteiger partial charge on any atom is 0.226 e. The summed E-state index contributed by atoms with van der Waals surface area (Å²) in [5.41, 5.74) is 1.84. The Bertz CT molecular complexity index is 713. The molecule has 1 aromatic carbocycles. The summed E-state index contributed by atoms with van der Waals surface area (Å²) in [7, 11) is 1.94. The number of hydrogen-bond donors (Lipinski definition) is 2. The first kappa shape index (κ1) is 17.7. The first-order chi connectivity index (χ1) is 12.4. The molecule has 140 valence electrons. The van der Waals surface area contributed by atoms with Crippen LogP contribution in [0.1, 0.15) is 56.6 Å². The third kappa shape index (κ3) is 2.98. The molecule has 4 bridgehead atoms. The van der Waals surface area contributed by atoms with E-state index in [0.29, 0.717) is 24.2 Å². The number of carbonyl (C=O) groups excluding carboxylic acids is 2. The summed E-state index contributed by atoms with van der Waals surface area (Å²) in [6.45, 7) is 3.14. The minimum atomic E-state index is -0.307. The lowest BCUT2D eigenvalue weighted by Gasteiger charge is -2.60. The van der Waals surface area contributed by atoms with Crippen LogP contribution in [0.4, 0.5) is 0 Å². The van der Waals surface area contributed by atoms with Gasteiger partial charge in [-0.05, 0) is 75.5 Å². The van der Waals surface area contributed by atoms with E-state index in [-0.39, 0.29) is 16.7 Å². The normalized spacial score (nSPS) is 34.7. The average Bonchev–Trinajstić information content (AvgIpc) is 2.59. The zero-order chi connectivity index (χ0) is 18.4. The highest BCUT2D eigenvalue weighted by Gasteiger charge is 2.61. The lowest BCUT2D eigenvalue weighted by Crippen LogP contribution is -2.59. The van der Waals surface area contributed by atoms with Crippen LogP contribution in [0.3, 0.4) is 0 Å². The van der Waals surface area contributed by atoms with Crippen molar-refractivity contribution >= 4 is 11.7 Å². The molecule has 4 heteroatoms. The number of carbonyl (C=O) groups is 2. The van der Waals surface area contributed by atoms with E-state index in [9.17, 15) is 9.59 Å². The number of Topliss-reactive ketones (excluding diaryl/α,β-unsaturated/α-hetero) is 1. The van der Waals surface area contributed by atoms with E-state index in [4.69, 9.17) is 0 Å². The van der Waals surface area contributed by atoms with Crippen LogP contribution in [0.15, 0.2) is 24.3 Å². The lowest BCUT2D eigenvalue weighted by atomic mass is 9.43. The van der Waals surface area contributed by atoms with Gasteiger partial charge in [-0.1, -0.05) is 24.3 Å². The first-order valence-electron chi connectivity index (χ1n) is 9.96. The Morgan fingerprint density at radius 3 is 2.27 bits per heavy atom. The van der Waals surface area contributed by atoms with Crippen molar-refractivity contribution in [3.63, 3.8) is 0 Å². The Kier molecular flexibility index (Phi) is 4.42. The largest absolute Gasteiger partial charge is 0.352 e. The molecule has 26 heavy (non-hydrogen) atoms. The predicted octanol–water partition coefficient (Wildman–Crippen LogP) is 3.20. The van der Waals surface area contributed by atoms with Gasteiger partial charge < -0.3 is 10.6 Å². The van der Waals surface area contributed by atoms with Crippen LogP contribution < -0.4 is 10.6 Å². The van der Waals surface area contributed by atoms with E-state index in [1.165, 1.54) is 12.0 Å². The summed E-state index contributed by atoms with van der Waals surface area (Å²) in [6.07, 6.45) is 5.97. The van der Waals surface area contributed by atoms with E-state index in [2.05, 4.69) is 28.8 Å². The van der Waals surface area contributed by atoms with Crippen molar-refractivity contribution in [1.29, 1.82) is 0 Å². The van der Waals surface area contributed by atoms with E-state index in [0.717, 1.165) is 44.2 Å². The van der Waals surface area contributed by atoms with Gasteiger partial charge in [-0.15, -0.1) is 0 Å². The molecule has 0 saturated heterocycles. The molecule has 2 N–H and O–H groups in total. The minimum Gasteiger partial charge on any atom is -0.352 e. The molecule has 4 aliphatic carbocycles. The number of amides is 1. The number of hydrogen-bond acceptors (Lipinski definition) is 3. The quantitative estimate of drug-likeness (QED) is 0.825. The second kappa shape index (κ2) is 6.49. The van der Waals surface area contributed by atoms with Crippen LogP contribution in [0, 0.1) is 22.7 Å². The molecular formula is C22H30N2O2. The molecule has 0 aliphatic heterocycles. The van der Waals surface area contributed by atoms with Gasteiger partial charge in [-0.25, -0.2) is 0 Å². The number of rotatable bonds is 6. The molecule has 4 aliphatic rings. The zero-order valence-corrected chi connectivity index (χ0v) is 15.9. The van der Waals surface area contributed by atoms with Crippen LogP contribution in [0.2, 0.25) is 0 Å². The van der Waals surface area contributed by atoms with Crippen LogP contribution in [0.25, 0.3) is 0 Å². The van der Waals surface area contributed by atoms with E-state index >= 15 is 0 Å². The summed E-state index contributed by atoms with van der Waals surface area (Å²) >= 11 is 0. The van der Waals surface area contributed by atoms with Crippen molar-refractivity contribution in [2.24, 2.45) is 22.7 Å². The summed E-state index contributed by atoms with van der Waals surface area (Å²) in [5.74, 6) is 1.61. The number of nitrogens with one attached hydrogen (secondary N) is 2. The van der Waals surface area contributed by atoms with Crippen LogP contribution in [-0.4, -0.2) is 18.7 Å². The minimum absolute atomic E-state index is 0.177. The molecule has 2 unspecified atom stereocenters. The van der Waals surface area contributed by atoms with Gasteiger partial charge in [-0.3, -0.25) is 9.59 Å². The molecule has 1 amide bonds. The molecule has 0 spiro atoms. The predicted molar refractivity (Wildman–Crippen MR) is 101 cm³/mol. The second-order valence-corrected chi connectivity index (χ2v) is 9.11. The lowest BCUT2D eigenvalue weighted by molar-refractivity contribution is -0.165. The van der Waals surface area contributed by atoms with Gasteiger partial charge in [0.1, 0.15) is 5.78 Å². The topological polar surface area (TPSA) is 58.2 Å². The van der Waals surface area contributed by atoms with Gasteiger partial charge in [0.2, 0.25) is 5.91 Å². The SMILES string of the molecule is CNCc1cccc(CNC(=O)C23CC4CC(CC(C(C)=O)(C4)C2)C3)c1. The van der Waals surface area contributed by atoms with Gasteiger partial charge >= 0.3 is 0 Å². The Labute approximate surface area is 156 Å². The number of ketones is 1. The van der Waals surface area contributed by atoms with E-state index in [1.807, 2.05) is 13.1 Å². The van der Waals surface area contributed by atoms with Crippen molar-refractivity contribution in [2.75, 3.05) is 7.05 Å². The maximum absolute atomic E-state index is 13.2. The number of benzene rings is 1. The first-order valence-corrected chi connectivity index (χ1v) is 9.96. The van der Waals surface area contributed by atoms with Gasteiger partial charge in [0.25, 0.3) is 0 Å². The molecule has 2 atom stereocenters. The fourth-order valence-corrected chi connectivity index (χ4v) is 6.36. The Morgan fingerprint density at radius 2 is 1.65 bits per heavy atom. The fraction of sp³-hybridized carbons (Fsp3) is 0.636. The maximum atomic E-state index is 13.2. The highest BCUT2D eigenvalue weighted by atomic mass is 16.2. The molecule has 4 saturated carbocycles. The molecule has 0 radical (unpaired) electrons. The van der Waals surface area contributed by atoms with Crippen molar-refractivity contribution < 1.29 is 9.59 Å². The summed E-state index contributed by atoms with van der Waals surface area (Å²) in [5, 5.41) is 6.37. The molecule has 4 nitrogen and oxygen atoms in total. The smallest absolute Gasteiger partial charge is 0.226 e. The van der Waals surface area contributed by atoms with E-state index in [1.54, 1.807) is 6.92 Å². The van der Waals surface area contributed by atoms with Crippen molar-refractivity contribution in [2.45, 2.75) is 58.5 Å². The highest BCUT2D eigenvalue weighted by Crippen LogP contribution is 2.65. The Balaban J connectivity index is 1.48. The summed E-state index contributed by atoms with van der Waals surface area (Å²) in [6, 6.07) is 8.35. The third-order valence-corrected chi connectivity index (χ3v) is 7.11. The second-order valence-electron chi connectivity index (χ2n) is 9.11. The van der Waals surface area contributed by atoms with Crippen molar-refractivity contribution in [1.82, 2.24) is 10.6 Å². The van der Waals surface area contributed by atoms with Crippen molar-refractivity contribution in [3.8, 4) is 0 Å². The summed E-state index contributed by atoms with van der Waals surface area (Å²) in [4.78, 5) is 25.6. The molecule has 4 fully saturated rings.